The van der Waals surface area contributed by atoms with Gasteiger partial charge in [0.25, 0.3) is 5.91 Å². The van der Waals surface area contributed by atoms with Gasteiger partial charge in [-0.3, -0.25) is 19.4 Å². The van der Waals surface area contributed by atoms with Crippen LogP contribution in [-0.2, 0) is 25.9 Å². The summed E-state index contributed by atoms with van der Waals surface area (Å²) in [6, 6.07) is 23.5. The average molecular weight is 730 g/mol. The van der Waals surface area contributed by atoms with Crippen LogP contribution in [0.1, 0.15) is 87.6 Å². The molecule has 3 aromatic rings. The molecule has 0 spiro atoms. The lowest BCUT2D eigenvalue weighted by atomic mass is 9.90. The minimum Gasteiger partial charge on any atom is -0.333 e. The predicted octanol–water partition coefficient (Wildman–Crippen LogP) is 7.56. The zero-order chi connectivity index (χ0) is 31.9. The van der Waals surface area contributed by atoms with E-state index in [1.165, 1.54) is 35.1 Å². The largest absolute Gasteiger partial charge is 0.333 e. The van der Waals surface area contributed by atoms with Crippen LogP contribution in [-0.4, -0.2) is 78.2 Å². The van der Waals surface area contributed by atoms with E-state index in [2.05, 4.69) is 77.5 Å². The molecule has 2 saturated heterocycles. The van der Waals surface area contributed by atoms with Gasteiger partial charge >= 0.3 is 0 Å². The summed E-state index contributed by atoms with van der Waals surface area (Å²) in [5, 5.41) is 3.39. The number of Topliss-reactive ketones (excluding diaryl/α,β-unsaturated/α-hetero) is 1. The lowest BCUT2D eigenvalue weighted by molar-refractivity contribution is 0.0653. The monoisotopic (exact) mass is 728 g/mol. The molecule has 6 rings (SSSR count). The van der Waals surface area contributed by atoms with Crippen molar-refractivity contribution in [3.05, 3.63) is 106 Å². The molecule has 1 atom stereocenters. The smallest absolute Gasteiger partial charge is 0.254 e. The summed E-state index contributed by atoms with van der Waals surface area (Å²) in [7, 11) is 0. The number of hydrogen-bond acceptors (Lipinski definition) is 5. The number of ketones is 1. The fraction of sp³-hybridized carbons (Fsp3) is 0.500. The summed E-state index contributed by atoms with van der Waals surface area (Å²) in [6.45, 7) is 12.8. The number of nitrogens with one attached hydrogen (secondary N) is 1. The van der Waals surface area contributed by atoms with E-state index in [0.29, 0.717) is 6.42 Å². The van der Waals surface area contributed by atoms with Crippen molar-refractivity contribution in [3.8, 4) is 0 Å². The third kappa shape index (κ3) is 10.8. The third-order valence-corrected chi connectivity index (χ3v) is 10.7. The van der Waals surface area contributed by atoms with E-state index in [0.717, 1.165) is 107 Å². The van der Waals surface area contributed by atoms with E-state index in [-0.39, 0.29) is 55.0 Å². The summed E-state index contributed by atoms with van der Waals surface area (Å²) >= 11 is 0. The number of piperazine rings is 1. The topological polar surface area (TPSA) is 55.9 Å². The molecule has 3 aromatic carbocycles. The van der Waals surface area contributed by atoms with Crippen molar-refractivity contribution < 1.29 is 9.59 Å². The Morgan fingerprint density at radius 3 is 2.16 bits per heavy atom. The number of fused-ring (bicyclic) bond motifs is 1. The molecule has 0 radical (unpaired) electrons. The summed E-state index contributed by atoms with van der Waals surface area (Å²) in [5.41, 5.74) is 8.31. The number of piperidine rings is 1. The van der Waals surface area contributed by atoms with Crippen LogP contribution in [0.4, 0.5) is 0 Å². The first-order valence-electron chi connectivity index (χ1n) is 17.7. The molecule has 3 heterocycles. The maximum absolute atomic E-state index is 13.5. The minimum absolute atomic E-state index is 0. The summed E-state index contributed by atoms with van der Waals surface area (Å²) < 4.78 is 0. The van der Waals surface area contributed by atoms with Crippen LogP contribution in [0, 0.1) is 12.8 Å². The number of carbonyl (C=O) groups excluding carboxylic acids is 2. The number of halogens is 3. The first-order chi connectivity index (χ1) is 22.4. The number of benzene rings is 3. The standard InChI is InChI=1S/C40H52N4O2.3ClH/c1-30-8-3-4-10-36(30)28-42-21-16-32(17-22-42)9-7-13-39(45)35-15-14-33-18-23-43(24-19-34(33)26-35)29-37-11-5-6-12-38(37)40(46)44-25-20-41-27-31(44)2;;;/h3-6,8,10-12,14-15,26,31-32,41H,7,9,13,16-25,27-29H2,1-2H3;3*1H. The van der Waals surface area contributed by atoms with Crippen LogP contribution >= 0.6 is 37.2 Å². The molecule has 1 N–H and O–H groups in total. The van der Waals surface area contributed by atoms with E-state index < -0.39 is 0 Å². The van der Waals surface area contributed by atoms with Gasteiger partial charge in [-0.1, -0.05) is 54.6 Å². The molecule has 0 bridgehead atoms. The molecule has 0 aliphatic carbocycles. The highest BCUT2D eigenvalue weighted by atomic mass is 35.5. The van der Waals surface area contributed by atoms with E-state index in [9.17, 15) is 9.59 Å². The Kier molecular flexibility index (Phi) is 16.6. The van der Waals surface area contributed by atoms with E-state index in [1.54, 1.807) is 0 Å². The van der Waals surface area contributed by atoms with Gasteiger partial charge in [0.2, 0.25) is 0 Å². The van der Waals surface area contributed by atoms with E-state index >= 15 is 0 Å². The molecule has 1 amide bonds. The van der Waals surface area contributed by atoms with Gasteiger partial charge in [-0.15, -0.1) is 37.2 Å². The number of nitrogens with zero attached hydrogens (tertiary/aromatic N) is 3. The SMILES string of the molecule is Cc1ccccc1CN1CCC(CCCC(=O)c2ccc3c(c2)CCN(Cc2ccccc2C(=O)N2CCNCC2C)CC3)CC1.Cl.Cl.Cl. The Labute approximate surface area is 312 Å². The fourth-order valence-corrected chi connectivity index (χ4v) is 7.67. The Morgan fingerprint density at radius 1 is 0.776 bits per heavy atom. The molecular formula is C40H55Cl3N4O2. The summed E-state index contributed by atoms with van der Waals surface area (Å²) in [5.74, 6) is 1.17. The minimum atomic E-state index is 0. The maximum atomic E-state index is 13.5. The molecule has 49 heavy (non-hydrogen) atoms. The molecule has 2 fully saturated rings. The van der Waals surface area contributed by atoms with Gasteiger partial charge in [0, 0.05) is 69.4 Å². The zero-order valence-electron chi connectivity index (χ0n) is 29.2. The molecule has 0 saturated carbocycles. The molecule has 1 unspecified atom stereocenters. The van der Waals surface area contributed by atoms with Gasteiger partial charge in [-0.05, 0) is 111 Å². The van der Waals surface area contributed by atoms with Crippen molar-refractivity contribution in [1.82, 2.24) is 20.0 Å². The van der Waals surface area contributed by atoms with Gasteiger partial charge in [-0.25, -0.2) is 0 Å². The molecule has 6 nitrogen and oxygen atoms in total. The number of carbonyl (C=O) groups is 2. The third-order valence-electron chi connectivity index (χ3n) is 10.7. The lowest BCUT2D eigenvalue weighted by Gasteiger charge is -2.34. The van der Waals surface area contributed by atoms with Crippen LogP contribution in [0.15, 0.2) is 66.7 Å². The lowest BCUT2D eigenvalue weighted by Crippen LogP contribution is -2.52. The van der Waals surface area contributed by atoms with E-state index in [1.807, 2.05) is 23.1 Å². The number of amides is 1. The second-order valence-corrected chi connectivity index (χ2v) is 13.9. The first kappa shape index (κ1) is 41.0. The van der Waals surface area contributed by atoms with Gasteiger partial charge < -0.3 is 10.2 Å². The second-order valence-electron chi connectivity index (χ2n) is 13.9. The van der Waals surface area contributed by atoms with Crippen LogP contribution in [0.2, 0.25) is 0 Å². The molecule has 0 aromatic heterocycles. The number of aryl methyl sites for hydroxylation is 1. The second kappa shape index (κ2) is 19.8. The zero-order valence-corrected chi connectivity index (χ0v) is 31.7. The summed E-state index contributed by atoms with van der Waals surface area (Å²) in [4.78, 5) is 33.8. The van der Waals surface area contributed by atoms with Crippen molar-refractivity contribution in [2.45, 2.75) is 77.9 Å². The van der Waals surface area contributed by atoms with Crippen molar-refractivity contribution in [2.75, 3.05) is 45.8 Å². The Balaban J connectivity index is 0.00000217. The van der Waals surface area contributed by atoms with Crippen molar-refractivity contribution in [2.24, 2.45) is 5.92 Å². The molecule has 268 valence electrons. The highest BCUT2D eigenvalue weighted by molar-refractivity contribution is 5.96. The molecular weight excluding hydrogens is 675 g/mol. The van der Waals surface area contributed by atoms with Gasteiger partial charge in [0.1, 0.15) is 0 Å². The van der Waals surface area contributed by atoms with Gasteiger partial charge in [0.15, 0.2) is 5.78 Å². The van der Waals surface area contributed by atoms with Crippen LogP contribution < -0.4 is 5.32 Å². The van der Waals surface area contributed by atoms with Crippen molar-refractivity contribution in [1.29, 1.82) is 0 Å². The number of rotatable bonds is 10. The van der Waals surface area contributed by atoms with Crippen molar-refractivity contribution in [3.63, 3.8) is 0 Å². The summed E-state index contributed by atoms with van der Waals surface area (Å²) in [6.07, 6.45) is 7.16. The van der Waals surface area contributed by atoms with Gasteiger partial charge in [0.05, 0.1) is 0 Å². The average Bonchev–Trinajstić information content (AvgIpc) is 3.28. The molecule has 3 aliphatic rings. The van der Waals surface area contributed by atoms with Crippen LogP contribution in [0.25, 0.3) is 0 Å². The fourth-order valence-electron chi connectivity index (χ4n) is 7.67. The number of hydrogen-bond donors (Lipinski definition) is 1. The Morgan fingerprint density at radius 2 is 1.43 bits per heavy atom. The quantitative estimate of drug-likeness (QED) is 0.219. The Bertz CT molecular complexity index is 1510. The van der Waals surface area contributed by atoms with Gasteiger partial charge in [-0.2, -0.15) is 0 Å². The highest BCUT2D eigenvalue weighted by Gasteiger charge is 2.26. The maximum Gasteiger partial charge on any atom is 0.254 e. The van der Waals surface area contributed by atoms with Crippen LogP contribution in [0.5, 0.6) is 0 Å². The van der Waals surface area contributed by atoms with E-state index in [4.69, 9.17) is 0 Å². The first-order valence-corrected chi connectivity index (χ1v) is 17.7. The normalized spacial score (nSPS) is 18.7. The number of likely N-dealkylation sites (tertiary alicyclic amines) is 1. The molecule has 9 heteroatoms. The predicted molar refractivity (Wildman–Crippen MR) is 208 cm³/mol. The van der Waals surface area contributed by atoms with Crippen LogP contribution in [0.3, 0.4) is 0 Å². The highest BCUT2D eigenvalue weighted by Crippen LogP contribution is 2.26. The van der Waals surface area contributed by atoms with Crippen molar-refractivity contribution >= 4 is 48.9 Å². The molecule has 3 aliphatic heterocycles. The Hall–Kier alpha value is -2.45.